The van der Waals surface area contributed by atoms with Gasteiger partial charge in [-0.05, 0) is 65.3 Å². The molecule has 1 aliphatic heterocycles. The highest BCUT2D eigenvalue weighted by Gasteiger charge is 2.35. The van der Waals surface area contributed by atoms with Crippen LogP contribution in [0.1, 0.15) is 22.8 Å². The summed E-state index contributed by atoms with van der Waals surface area (Å²) in [5, 5.41) is 3.49. The smallest absolute Gasteiger partial charge is 0.0704 e. The van der Waals surface area contributed by atoms with E-state index in [1.54, 1.807) is 10.4 Å². The van der Waals surface area contributed by atoms with Crippen LogP contribution in [-0.2, 0) is 6.42 Å². The van der Waals surface area contributed by atoms with Crippen LogP contribution in [0, 0.1) is 5.92 Å². The Kier molecular flexibility index (Phi) is 2.00. The molecule has 0 spiro atoms. The Hall–Kier alpha value is 0.140. The molecule has 1 aromatic rings. The second-order valence-electron chi connectivity index (χ2n) is 3.99. The van der Waals surface area contributed by atoms with Crippen LogP contribution < -0.4 is 5.32 Å². The van der Waals surface area contributed by atoms with Crippen molar-refractivity contribution in [2.24, 2.45) is 5.92 Å². The Morgan fingerprint density at radius 2 is 2.46 bits per heavy atom. The second kappa shape index (κ2) is 3.07. The van der Waals surface area contributed by atoms with Gasteiger partial charge in [-0.25, -0.2) is 0 Å². The molecule has 3 rings (SSSR count). The summed E-state index contributed by atoms with van der Waals surface area (Å²) < 4.78 is 1.31. The van der Waals surface area contributed by atoms with Crippen molar-refractivity contribution < 1.29 is 0 Å². The molecule has 1 aromatic heterocycles. The van der Waals surface area contributed by atoms with Crippen molar-refractivity contribution in [3.05, 3.63) is 20.3 Å². The van der Waals surface area contributed by atoms with E-state index in [1.165, 1.54) is 29.7 Å². The average molecular weight is 258 g/mol. The summed E-state index contributed by atoms with van der Waals surface area (Å²) in [7, 11) is 0. The summed E-state index contributed by atoms with van der Waals surface area (Å²) in [6.45, 7) is 2.43. The van der Waals surface area contributed by atoms with E-state index in [9.17, 15) is 0 Å². The Balaban J connectivity index is 1.98. The van der Waals surface area contributed by atoms with Gasteiger partial charge in [0.2, 0.25) is 0 Å². The van der Waals surface area contributed by atoms with Crippen LogP contribution in [0.5, 0.6) is 0 Å². The number of fused-ring (bicyclic) bond motifs is 3. The highest BCUT2D eigenvalue weighted by atomic mass is 79.9. The highest BCUT2D eigenvalue weighted by Crippen LogP contribution is 2.46. The fourth-order valence-electron chi connectivity index (χ4n) is 2.67. The first kappa shape index (κ1) is 8.45. The van der Waals surface area contributed by atoms with E-state index in [1.807, 2.05) is 11.3 Å². The largest absolute Gasteiger partial charge is 0.316 e. The first-order valence-electron chi connectivity index (χ1n) is 4.83. The minimum atomic E-state index is 0.860. The van der Waals surface area contributed by atoms with Gasteiger partial charge in [0.25, 0.3) is 0 Å². The molecule has 1 saturated heterocycles. The molecule has 1 fully saturated rings. The van der Waals surface area contributed by atoms with E-state index in [-0.39, 0.29) is 0 Å². The number of halogens is 1. The van der Waals surface area contributed by atoms with Crippen molar-refractivity contribution in [1.82, 2.24) is 5.32 Å². The average Bonchev–Trinajstić information content (AvgIpc) is 2.60. The van der Waals surface area contributed by atoms with Gasteiger partial charge >= 0.3 is 0 Å². The van der Waals surface area contributed by atoms with Crippen LogP contribution in [0.2, 0.25) is 0 Å². The molecule has 1 N–H and O–H groups in total. The van der Waals surface area contributed by atoms with Crippen molar-refractivity contribution >= 4 is 27.3 Å². The van der Waals surface area contributed by atoms with Crippen LogP contribution >= 0.6 is 27.3 Å². The molecule has 2 aliphatic rings. The number of hydrogen-bond donors (Lipinski definition) is 1. The molecule has 0 bridgehead atoms. The standard InChI is InChI=1S/C10H12BrNS/c11-10-4-8-7-1-2-12-5-6(7)3-9(8)13-10/h4,6-7,12H,1-3,5H2. The minimum absolute atomic E-state index is 0.860. The topological polar surface area (TPSA) is 12.0 Å². The molecule has 2 unspecified atom stereocenters. The maximum Gasteiger partial charge on any atom is 0.0704 e. The third kappa shape index (κ3) is 1.29. The van der Waals surface area contributed by atoms with E-state index in [0.717, 1.165) is 11.8 Å². The molecule has 13 heavy (non-hydrogen) atoms. The first-order valence-corrected chi connectivity index (χ1v) is 6.44. The van der Waals surface area contributed by atoms with Gasteiger partial charge in [0.15, 0.2) is 0 Å². The number of rotatable bonds is 0. The van der Waals surface area contributed by atoms with Crippen LogP contribution in [0.4, 0.5) is 0 Å². The van der Waals surface area contributed by atoms with Crippen molar-refractivity contribution in [2.45, 2.75) is 18.8 Å². The van der Waals surface area contributed by atoms with Crippen LogP contribution in [0.15, 0.2) is 9.85 Å². The van der Waals surface area contributed by atoms with E-state index in [4.69, 9.17) is 0 Å². The summed E-state index contributed by atoms with van der Waals surface area (Å²) in [6, 6.07) is 2.34. The fraction of sp³-hybridized carbons (Fsp3) is 0.600. The molecule has 3 heteroatoms. The predicted molar refractivity (Wildman–Crippen MR) is 59.4 cm³/mol. The Morgan fingerprint density at radius 1 is 1.54 bits per heavy atom. The van der Waals surface area contributed by atoms with Gasteiger partial charge < -0.3 is 5.32 Å². The van der Waals surface area contributed by atoms with E-state index >= 15 is 0 Å². The van der Waals surface area contributed by atoms with Crippen LogP contribution in [-0.4, -0.2) is 13.1 Å². The minimum Gasteiger partial charge on any atom is -0.316 e. The fourth-order valence-corrected chi connectivity index (χ4v) is 4.55. The quantitative estimate of drug-likeness (QED) is 0.754. The molecule has 2 atom stereocenters. The van der Waals surface area contributed by atoms with Crippen LogP contribution in [0.3, 0.4) is 0 Å². The van der Waals surface area contributed by atoms with Gasteiger partial charge in [-0.15, -0.1) is 11.3 Å². The number of nitrogens with one attached hydrogen (secondary N) is 1. The lowest BCUT2D eigenvalue weighted by Gasteiger charge is -2.26. The molecule has 0 radical (unpaired) electrons. The summed E-state index contributed by atoms with van der Waals surface area (Å²) in [5.74, 6) is 1.75. The molecule has 0 saturated carbocycles. The van der Waals surface area contributed by atoms with Gasteiger partial charge in [-0.1, -0.05) is 0 Å². The predicted octanol–water partition coefficient (Wildman–Crippen LogP) is 2.76. The number of piperidine rings is 1. The molecular weight excluding hydrogens is 246 g/mol. The lowest BCUT2D eigenvalue weighted by atomic mass is 9.87. The zero-order valence-electron chi connectivity index (χ0n) is 7.35. The third-order valence-electron chi connectivity index (χ3n) is 3.27. The first-order chi connectivity index (χ1) is 6.34. The summed E-state index contributed by atoms with van der Waals surface area (Å²) in [6.07, 6.45) is 2.64. The van der Waals surface area contributed by atoms with E-state index in [2.05, 4.69) is 27.3 Å². The van der Waals surface area contributed by atoms with Crippen LogP contribution in [0.25, 0.3) is 0 Å². The maximum absolute atomic E-state index is 3.58. The molecular formula is C10H12BrNS. The number of thiophene rings is 1. The highest BCUT2D eigenvalue weighted by molar-refractivity contribution is 9.11. The number of hydrogen-bond acceptors (Lipinski definition) is 2. The molecule has 0 aromatic carbocycles. The van der Waals surface area contributed by atoms with Gasteiger partial charge in [0.05, 0.1) is 3.79 Å². The third-order valence-corrected chi connectivity index (χ3v) is 4.94. The molecule has 1 nitrogen and oxygen atoms in total. The maximum atomic E-state index is 3.58. The van der Waals surface area contributed by atoms with Crippen molar-refractivity contribution in [3.63, 3.8) is 0 Å². The normalized spacial score (nSPS) is 31.5. The van der Waals surface area contributed by atoms with Gasteiger partial charge in [-0.3, -0.25) is 0 Å². The Morgan fingerprint density at radius 3 is 3.38 bits per heavy atom. The zero-order chi connectivity index (χ0) is 8.84. The van der Waals surface area contributed by atoms with Gasteiger partial charge in [-0.2, -0.15) is 0 Å². The summed E-state index contributed by atoms with van der Waals surface area (Å²) in [4.78, 5) is 1.63. The van der Waals surface area contributed by atoms with E-state index in [0.29, 0.717) is 0 Å². The SMILES string of the molecule is Brc1cc2c(s1)CC1CNCCC21. The molecule has 1 aliphatic carbocycles. The Labute approximate surface area is 90.7 Å². The van der Waals surface area contributed by atoms with Gasteiger partial charge in [0, 0.05) is 4.88 Å². The van der Waals surface area contributed by atoms with Crippen molar-refractivity contribution in [3.8, 4) is 0 Å². The van der Waals surface area contributed by atoms with Crippen molar-refractivity contribution in [2.75, 3.05) is 13.1 Å². The second-order valence-corrected chi connectivity index (χ2v) is 6.51. The molecule has 70 valence electrons. The lowest BCUT2D eigenvalue weighted by molar-refractivity contribution is 0.349. The van der Waals surface area contributed by atoms with Crippen molar-refractivity contribution in [1.29, 1.82) is 0 Å². The lowest BCUT2D eigenvalue weighted by Crippen LogP contribution is -2.33. The monoisotopic (exact) mass is 257 g/mol. The van der Waals surface area contributed by atoms with E-state index < -0.39 is 0 Å². The van der Waals surface area contributed by atoms with Gasteiger partial charge in [0.1, 0.15) is 0 Å². The summed E-state index contributed by atoms with van der Waals surface area (Å²) >= 11 is 5.51. The summed E-state index contributed by atoms with van der Waals surface area (Å²) in [5.41, 5.74) is 1.64. The Bertz CT molecular complexity index is 334. The molecule has 2 heterocycles. The molecule has 0 amide bonds. The zero-order valence-corrected chi connectivity index (χ0v) is 9.75.